The van der Waals surface area contributed by atoms with Gasteiger partial charge < -0.3 is 24.1 Å². The van der Waals surface area contributed by atoms with Crippen molar-refractivity contribution in [1.29, 1.82) is 0 Å². The number of rotatable bonds is 9. The van der Waals surface area contributed by atoms with Gasteiger partial charge in [0.15, 0.2) is 11.5 Å². The van der Waals surface area contributed by atoms with Crippen molar-refractivity contribution < 1.29 is 19.0 Å². The van der Waals surface area contributed by atoms with E-state index >= 15 is 0 Å². The molecule has 0 fully saturated rings. The Hall–Kier alpha value is -3.22. The zero-order valence-corrected chi connectivity index (χ0v) is 18.2. The van der Waals surface area contributed by atoms with Gasteiger partial charge in [0.05, 0.1) is 38.4 Å². The fraction of sp³-hybridized carbons (Fsp3) is 0.391. The first kappa shape index (κ1) is 21.5. The van der Waals surface area contributed by atoms with Crippen LogP contribution in [0.15, 0.2) is 36.4 Å². The van der Waals surface area contributed by atoms with E-state index in [1.54, 1.807) is 12.1 Å². The van der Waals surface area contributed by atoms with Crippen LogP contribution in [0.25, 0.3) is 11.0 Å². The Labute approximate surface area is 177 Å². The van der Waals surface area contributed by atoms with E-state index in [4.69, 9.17) is 19.2 Å². The SMILES string of the molecule is CCCCn1c([C@H](C)NC(=O)c2cc(OC)c(OC)c(OC)c2)nc2ccccc21. The molecule has 0 aliphatic carbocycles. The van der Waals surface area contributed by atoms with Crippen LogP contribution in [0.2, 0.25) is 0 Å². The van der Waals surface area contributed by atoms with E-state index in [0.717, 1.165) is 36.2 Å². The van der Waals surface area contributed by atoms with E-state index in [0.29, 0.717) is 22.8 Å². The Kier molecular flexibility index (Phi) is 6.82. The molecule has 0 radical (unpaired) electrons. The number of aromatic nitrogens is 2. The van der Waals surface area contributed by atoms with Crippen molar-refractivity contribution in [3.05, 3.63) is 47.8 Å². The number of nitrogens with one attached hydrogen (secondary N) is 1. The van der Waals surface area contributed by atoms with Crippen LogP contribution < -0.4 is 19.5 Å². The molecule has 1 heterocycles. The quantitative estimate of drug-likeness (QED) is 0.566. The monoisotopic (exact) mass is 411 g/mol. The van der Waals surface area contributed by atoms with Gasteiger partial charge in [0, 0.05) is 12.1 Å². The third kappa shape index (κ3) is 4.20. The van der Waals surface area contributed by atoms with Crippen LogP contribution in [0.5, 0.6) is 17.2 Å². The van der Waals surface area contributed by atoms with Crippen molar-refractivity contribution >= 4 is 16.9 Å². The van der Waals surface area contributed by atoms with Crippen molar-refractivity contribution in [2.45, 2.75) is 39.3 Å². The van der Waals surface area contributed by atoms with Crippen LogP contribution >= 0.6 is 0 Å². The number of methoxy groups -OCH3 is 3. The predicted octanol–water partition coefficient (Wildman–Crippen LogP) is 4.35. The number of amides is 1. The minimum Gasteiger partial charge on any atom is -0.493 e. The van der Waals surface area contributed by atoms with E-state index in [9.17, 15) is 4.79 Å². The molecule has 160 valence electrons. The molecule has 0 aliphatic rings. The standard InChI is InChI=1S/C23H29N3O4/c1-6-7-12-26-18-11-9-8-10-17(18)25-22(26)15(2)24-23(27)16-13-19(28-3)21(30-5)20(14-16)29-4/h8-11,13-15H,6-7,12H2,1-5H3,(H,24,27)/t15-/m0/s1. The van der Waals surface area contributed by atoms with Crippen LogP contribution in [0.3, 0.4) is 0 Å². The molecule has 3 aromatic rings. The molecule has 0 aliphatic heterocycles. The molecule has 0 bridgehead atoms. The van der Waals surface area contributed by atoms with E-state index in [1.807, 2.05) is 25.1 Å². The van der Waals surface area contributed by atoms with Crippen LogP contribution in [0, 0.1) is 0 Å². The number of benzene rings is 2. The molecule has 0 spiro atoms. The molecule has 0 unspecified atom stereocenters. The summed E-state index contributed by atoms with van der Waals surface area (Å²) in [4.78, 5) is 17.8. The summed E-state index contributed by atoms with van der Waals surface area (Å²) in [5.41, 5.74) is 2.43. The van der Waals surface area contributed by atoms with Gasteiger partial charge in [-0.05, 0) is 37.6 Å². The lowest BCUT2D eigenvalue weighted by molar-refractivity contribution is 0.0937. The Morgan fingerprint density at radius 2 is 1.77 bits per heavy atom. The summed E-state index contributed by atoms with van der Waals surface area (Å²) in [6.07, 6.45) is 2.12. The first-order chi connectivity index (χ1) is 14.5. The van der Waals surface area contributed by atoms with Crippen molar-refractivity contribution in [1.82, 2.24) is 14.9 Å². The molecule has 0 saturated heterocycles. The molecule has 7 heteroatoms. The molecular formula is C23H29N3O4. The highest BCUT2D eigenvalue weighted by Gasteiger charge is 2.21. The lowest BCUT2D eigenvalue weighted by Gasteiger charge is -2.18. The van der Waals surface area contributed by atoms with E-state index < -0.39 is 0 Å². The number of aryl methyl sites for hydroxylation is 1. The molecular weight excluding hydrogens is 382 g/mol. The Morgan fingerprint density at radius 1 is 1.10 bits per heavy atom. The number of unbranched alkanes of at least 4 members (excludes halogenated alkanes) is 1. The van der Waals surface area contributed by atoms with E-state index in [1.165, 1.54) is 21.3 Å². The summed E-state index contributed by atoms with van der Waals surface area (Å²) < 4.78 is 18.3. The van der Waals surface area contributed by atoms with Gasteiger partial charge in [-0.1, -0.05) is 25.5 Å². The Morgan fingerprint density at radius 3 is 2.37 bits per heavy atom. The van der Waals surface area contributed by atoms with Gasteiger partial charge in [-0.15, -0.1) is 0 Å². The maximum absolute atomic E-state index is 13.0. The fourth-order valence-corrected chi connectivity index (χ4v) is 3.53. The summed E-state index contributed by atoms with van der Waals surface area (Å²) in [5.74, 6) is 1.92. The van der Waals surface area contributed by atoms with Crippen molar-refractivity contribution in [2.75, 3.05) is 21.3 Å². The van der Waals surface area contributed by atoms with Gasteiger partial charge in [-0.3, -0.25) is 4.79 Å². The number of fused-ring (bicyclic) bond motifs is 1. The third-order valence-electron chi connectivity index (χ3n) is 5.08. The molecule has 1 aromatic heterocycles. The molecule has 7 nitrogen and oxygen atoms in total. The number of para-hydroxylation sites is 2. The summed E-state index contributed by atoms with van der Waals surface area (Å²) in [6.45, 7) is 4.96. The van der Waals surface area contributed by atoms with Gasteiger partial charge in [-0.25, -0.2) is 4.98 Å². The molecule has 2 aromatic carbocycles. The normalized spacial score (nSPS) is 11.9. The third-order valence-corrected chi connectivity index (χ3v) is 5.08. The highest BCUT2D eigenvalue weighted by atomic mass is 16.5. The first-order valence-corrected chi connectivity index (χ1v) is 10.1. The van der Waals surface area contributed by atoms with Crippen LogP contribution in [0.4, 0.5) is 0 Å². The van der Waals surface area contributed by atoms with E-state index in [-0.39, 0.29) is 11.9 Å². The van der Waals surface area contributed by atoms with Crippen LogP contribution in [-0.4, -0.2) is 36.8 Å². The fourth-order valence-electron chi connectivity index (χ4n) is 3.53. The molecule has 1 N–H and O–H groups in total. The Bertz CT molecular complexity index is 1000. The average molecular weight is 412 g/mol. The lowest BCUT2D eigenvalue weighted by atomic mass is 10.1. The number of carbonyl (C=O) groups is 1. The maximum atomic E-state index is 13.0. The second kappa shape index (κ2) is 9.52. The zero-order valence-electron chi connectivity index (χ0n) is 18.2. The summed E-state index contributed by atoms with van der Waals surface area (Å²) in [5, 5.41) is 3.06. The molecule has 1 amide bonds. The second-order valence-electron chi connectivity index (χ2n) is 7.07. The minimum absolute atomic E-state index is 0.240. The molecule has 3 rings (SSSR count). The predicted molar refractivity (Wildman–Crippen MR) is 117 cm³/mol. The molecule has 30 heavy (non-hydrogen) atoms. The second-order valence-corrected chi connectivity index (χ2v) is 7.07. The highest BCUT2D eigenvalue weighted by Crippen LogP contribution is 2.38. The van der Waals surface area contributed by atoms with Crippen LogP contribution in [-0.2, 0) is 6.54 Å². The largest absolute Gasteiger partial charge is 0.493 e. The summed E-state index contributed by atoms with van der Waals surface area (Å²) >= 11 is 0. The smallest absolute Gasteiger partial charge is 0.252 e. The first-order valence-electron chi connectivity index (χ1n) is 10.1. The van der Waals surface area contributed by atoms with Crippen molar-refractivity contribution in [2.24, 2.45) is 0 Å². The molecule has 0 saturated carbocycles. The number of nitrogens with zero attached hydrogens (tertiary/aromatic N) is 2. The van der Waals surface area contributed by atoms with Gasteiger partial charge >= 0.3 is 0 Å². The minimum atomic E-state index is -0.277. The lowest BCUT2D eigenvalue weighted by Crippen LogP contribution is -2.29. The maximum Gasteiger partial charge on any atom is 0.252 e. The average Bonchev–Trinajstić information content (AvgIpc) is 3.15. The number of hydrogen-bond acceptors (Lipinski definition) is 5. The van der Waals surface area contributed by atoms with Gasteiger partial charge in [-0.2, -0.15) is 0 Å². The highest BCUT2D eigenvalue weighted by molar-refractivity contribution is 5.96. The van der Waals surface area contributed by atoms with Gasteiger partial charge in [0.2, 0.25) is 5.75 Å². The van der Waals surface area contributed by atoms with Gasteiger partial charge in [0.25, 0.3) is 5.91 Å². The van der Waals surface area contributed by atoms with E-state index in [2.05, 4.69) is 22.9 Å². The zero-order chi connectivity index (χ0) is 21.7. The molecule has 1 atom stereocenters. The van der Waals surface area contributed by atoms with Crippen molar-refractivity contribution in [3.63, 3.8) is 0 Å². The van der Waals surface area contributed by atoms with Gasteiger partial charge in [0.1, 0.15) is 5.82 Å². The van der Waals surface area contributed by atoms with Crippen molar-refractivity contribution in [3.8, 4) is 17.2 Å². The number of hydrogen-bond donors (Lipinski definition) is 1. The number of ether oxygens (including phenoxy) is 3. The summed E-state index contributed by atoms with van der Waals surface area (Å²) in [6, 6.07) is 11.1. The number of imidazole rings is 1. The topological polar surface area (TPSA) is 74.6 Å². The van der Waals surface area contributed by atoms with Crippen LogP contribution in [0.1, 0.15) is 48.9 Å². The summed E-state index contributed by atoms with van der Waals surface area (Å²) in [7, 11) is 4.58. The number of carbonyl (C=O) groups excluding carboxylic acids is 1. The Balaban J connectivity index is 1.91.